The minimum atomic E-state index is 0.935. The second-order valence-electron chi connectivity index (χ2n) is 3.58. The molecule has 84 valence electrons. The first kappa shape index (κ1) is 11.7. The average molecular weight is 249 g/mol. The first-order valence-corrected chi connectivity index (χ1v) is 7.40. The average Bonchev–Trinajstić information content (AvgIpc) is 2.83. The topological polar surface area (TPSA) is 12.0 Å². The van der Waals surface area contributed by atoms with Gasteiger partial charge in [-0.3, -0.25) is 0 Å². The Kier molecular flexibility index (Phi) is 4.45. The van der Waals surface area contributed by atoms with Crippen molar-refractivity contribution >= 4 is 23.1 Å². The van der Waals surface area contributed by atoms with E-state index >= 15 is 0 Å². The highest BCUT2D eigenvalue weighted by Gasteiger charge is 1.95. The van der Waals surface area contributed by atoms with E-state index in [-0.39, 0.29) is 0 Å². The summed E-state index contributed by atoms with van der Waals surface area (Å²) in [7, 11) is 0. The molecule has 0 fully saturated rings. The monoisotopic (exact) mass is 249 g/mol. The number of benzene rings is 1. The molecular weight excluding hydrogens is 234 g/mol. The Morgan fingerprint density at radius 1 is 1.06 bits per heavy atom. The van der Waals surface area contributed by atoms with Gasteiger partial charge in [0.2, 0.25) is 0 Å². The second kappa shape index (κ2) is 6.09. The van der Waals surface area contributed by atoms with Crippen molar-refractivity contribution in [3.63, 3.8) is 0 Å². The van der Waals surface area contributed by atoms with E-state index < -0.39 is 0 Å². The SMILES string of the molecule is CSc1ccc(CNCc2ccsc2)cc1. The quantitative estimate of drug-likeness (QED) is 0.810. The van der Waals surface area contributed by atoms with Crippen LogP contribution in [0.2, 0.25) is 0 Å². The molecule has 0 aliphatic rings. The van der Waals surface area contributed by atoms with Crippen LogP contribution >= 0.6 is 23.1 Å². The van der Waals surface area contributed by atoms with Crippen LogP contribution in [0.5, 0.6) is 0 Å². The van der Waals surface area contributed by atoms with Gasteiger partial charge in [0.1, 0.15) is 0 Å². The van der Waals surface area contributed by atoms with Crippen LogP contribution in [0.4, 0.5) is 0 Å². The Morgan fingerprint density at radius 2 is 1.81 bits per heavy atom. The standard InChI is InChI=1S/C13H15NS2/c1-15-13-4-2-11(3-5-13)8-14-9-12-6-7-16-10-12/h2-7,10,14H,8-9H2,1H3. The predicted molar refractivity (Wildman–Crippen MR) is 73.1 cm³/mol. The lowest BCUT2D eigenvalue weighted by atomic mass is 10.2. The predicted octanol–water partition coefficient (Wildman–Crippen LogP) is 3.76. The number of thioether (sulfide) groups is 1. The Hall–Kier alpha value is -0.770. The van der Waals surface area contributed by atoms with E-state index in [4.69, 9.17) is 0 Å². The summed E-state index contributed by atoms with van der Waals surface area (Å²) >= 11 is 3.53. The fourth-order valence-electron chi connectivity index (χ4n) is 1.49. The van der Waals surface area contributed by atoms with Crippen LogP contribution in [0.1, 0.15) is 11.1 Å². The molecule has 16 heavy (non-hydrogen) atoms. The van der Waals surface area contributed by atoms with Gasteiger partial charge in [0.15, 0.2) is 0 Å². The van der Waals surface area contributed by atoms with Gasteiger partial charge in [-0.05, 0) is 46.3 Å². The number of thiophene rings is 1. The van der Waals surface area contributed by atoms with Gasteiger partial charge in [-0.15, -0.1) is 11.8 Å². The molecule has 1 aromatic carbocycles. The molecule has 0 amide bonds. The van der Waals surface area contributed by atoms with E-state index in [1.54, 1.807) is 23.1 Å². The molecule has 0 aliphatic carbocycles. The minimum Gasteiger partial charge on any atom is -0.309 e. The summed E-state index contributed by atoms with van der Waals surface area (Å²) in [6, 6.07) is 10.9. The van der Waals surface area contributed by atoms with E-state index in [0.717, 1.165) is 13.1 Å². The molecule has 0 bridgehead atoms. The third-order valence-electron chi connectivity index (χ3n) is 2.40. The third kappa shape index (κ3) is 3.37. The van der Waals surface area contributed by atoms with Gasteiger partial charge in [-0.25, -0.2) is 0 Å². The maximum atomic E-state index is 3.44. The molecule has 0 spiro atoms. The van der Waals surface area contributed by atoms with Crippen LogP contribution in [0.3, 0.4) is 0 Å². The molecule has 1 N–H and O–H groups in total. The Balaban J connectivity index is 1.81. The van der Waals surface area contributed by atoms with Crippen molar-refractivity contribution < 1.29 is 0 Å². The summed E-state index contributed by atoms with van der Waals surface area (Å²) in [4.78, 5) is 1.32. The first-order valence-electron chi connectivity index (χ1n) is 5.23. The maximum Gasteiger partial charge on any atom is 0.0216 e. The van der Waals surface area contributed by atoms with E-state index in [1.807, 2.05) is 0 Å². The fraction of sp³-hybridized carbons (Fsp3) is 0.231. The summed E-state index contributed by atoms with van der Waals surface area (Å²) in [6.07, 6.45) is 2.10. The Bertz CT molecular complexity index is 406. The molecule has 0 unspecified atom stereocenters. The van der Waals surface area contributed by atoms with E-state index in [2.05, 4.69) is 52.7 Å². The molecule has 3 heteroatoms. The van der Waals surface area contributed by atoms with Crippen molar-refractivity contribution in [1.29, 1.82) is 0 Å². The van der Waals surface area contributed by atoms with Crippen LogP contribution in [-0.4, -0.2) is 6.26 Å². The lowest BCUT2D eigenvalue weighted by Gasteiger charge is -2.04. The van der Waals surface area contributed by atoms with Crippen LogP contribution in [0.15, 0.2) is 46.0 Å². The van der Waals surface area contributed by atoms with Crippen LogP contribution in [0.25, 0.3) is 0 Å². The number of rotatable bonds is 5. The zero-order valence-corrected chi connectivity index (χ0v) is 10.9. The number of hydrogen-bond acceptors (Lipinski definition) is 3. The normalized spacial score (nSPS) is 10.6. The third-order valence-corrected chi connectivity index (χ3v) is 3.87. The highest BCUT2D eigenvalue weighted by molar-refractivity contribution is 7.98. The molecule has 0 atom stereocenters. The maximum absolute atomic E-state index is 3.44. The second-order valence-corrected chi connectivity index (χ2v) is 5.24. The van der Waals surface area contributed by atoms with Gasteiger partial charge >= 0.3 is 0 Å². The van der Waals surface area contributed by atoms with Gasteiger partial charge in [-0.1, -0.05) is 12.1 Å². The molecule has 1 nitrogen and oxygen atoms in total. The minimum absolute atomic E-state index is 0.935. The van der Waals surface area contributed by atoms with Crippen LogP contribution in [0, 0.1) is 0 Å². The van der Waals surface area contributed by atoms with Gasteiger partial charge < -0.3 is 5.32 Å². The lowest BCUT2D eigenvalue weighted by Crippen LogP contribution is -2.11. The zero-order valence-electron chi connectivity index (χ0n) is 9.27. The van der Waals surface area contributed by atoms with Crippen molar-refractivity contribution in [2.45, 2.75) is 18.0 Å². The molecule has 2 rings (SSSR count). The molecule has 0 radical (unpaired) electrons. The summed E-state index contributed by atoms with van der Waals surface area (Å²) in [6.45, 7) is 1.89. The molecule has 0 aliphatic heterocycles. The van der Waals surface area contributed by atoms with Gasteiger partial charge in [0, 0.05) is 18.0 Å². The highest BCUT2D eigenvalue weighted by atomic mass is 32.2. The molecule has 0 saturated carbocycles. The zero-order chi connectivity index (χ0) is 11.2. The van der Waals surface area contributed by atoms with Gasteiger partial charge in [-0.2, -0.15) is 11.3 Å². The van der Waals surface area contributed by atoms with E-state index in [1.165, 1.54) is 16.0 Å². The summed E-state index contributed by atoms with van der Waals surface area (Å²) in [5.41, 5.74) is 2.71. The summed E-state index contributed by atoms with van der Waals surface area (Å²) < 4.78 is 0. The van der Waals surface area contributed by atoms with E-state index in [9.17, 15) is 0 Å². The van der Waals surface area contributed by atoms with E-state index in [0.29, 0.717) is 0 Å². The molecule has 2 aromatic rings. The smallest absolute Gasteiger partial charge is 0.0216 e. The highest BCUT2D eigenvalue weighted by Crippen LogP contribution is 2.14. The van der Waals surface area contributed by atoms with Crippen molar-refractivity contribution in [1.82, 2.24) is 5.32 Å². The molecule has 1 aromatic heterocycles. The largest absolute Gasteiger partial charge is 0.309 e. The summed E-state index contributed by atoms with van der Waals surface area (Å²) in [5.74, 6) is 0. The molecular formula is C13H15NS2. The van der Waals surface area contributed by atoms with Crippen molar-refractivity contribution in [3.05, 3.63) is 52.2 Å². The molecule has 1 heterocycles. The van der Waals surface area contributed by atoms with Gasteiger partial charge in [0.05, 0.1) is 0 Å². The first-order chi connectivity index (χ1) is 7.88. The van der Waals surface area contributed by atoms with Crippen molar-refractivity contribution in [3.8, 4) is 0 Å². The Morgan fingerprint density at radius 3 is 2.44 bits per heavy atom. The fourth-order valence-corrected chi connectivity index (χ4v) is 2.56. The lowest BCUT2D eigenvalue weighted by molar-refractivity contribution is 0.694. The number of hydrogen-bond donors (Lipinski definition) is 1. The van der Waals surface area contributed by atoms with Crippen molar-refractivity contribution in [2.75, 3.05) is 6.26 Å². The van der Waals surface area contributed by atoms with Crippen molar-refractivity contribution in [2.24, 2.45) is 0 Å². The van der Waals surface area contributed by atoms with Gasteiger partial charge in [0.25, 0.3) is 0 Å². The summed E-state index contributed by atoms with van der Waals surface area (Å²) in [5, 5.41) is 7.74. The number of nitrogens with one attached hydrogen (secondary N) is 1. The van der Waals surface area contributed by atoms with Crippen LogP contribution < -0.4 is 5.32 Å². The Labute approximate surface area is 105 Å². The molecule has 0 saturated heterocycles. The van der Waals surface area contributed by atoms with Crippen LogP contribution in [-0.2, 0) is 13.1 Å².